The van der Waals surface area contributed by atoms with Gasteiger partial charge in [-0.3, -0.25) is 9.59 Å². The van der Waals surface area contributed by atoms with Crippen LogP contribution in [-0.2, 0) is 32.0 Å². The molecule has 6 heteroatoms. The van der Waals surface area contributed by atoms with Crippen LogP contribution in [0.15, 0.2) is 24.3 Å². The van der Waals surface area contributed by atoms with E-state index in [9.17, 15) is 14.4 Å². The van der Waals surface area contributed by atoms with Crippen molar-refractivity contribution in [2.75, 3.05) is 12.9 Å². The zero-order valence-corrected chi connectivity index (χ0v) is 17.7. The Balaban J connectivity index is 2.22. The first-order chi connectivity index (χ1) is 13.5. The number of fused-ring (bicyclic) bond motifs is 1. The number of esters is 1. The van der Waals surface area contributed by atoms with Crippen molar-refractivity contribution in [3.05, 3.63) is 35.4 Å². The van der Waals surface area contributed by atoms with Crippen molar-refractivity contribution in [3.63, 3.8) is 0 Å². The van der Waals surface area contributed by atoms with Crippen molar-refractivity contribution >= 4 is 28.8 Å². The van der Waals surface area contributed by atoms with E-state index in [1.54, 1.807) is 0 Å². The van der Waals surface area contributed by atoms with Crippen LogP contribution in [0.2, 0.25) is 0 Å². The van der Waals surface area contributed by atoms with E-state index in [4.69, 9.17) is 4.74 Å². The molecule has 0 aromatic heterocycles. The predicted molar refractivity (Wildman–Crippen MR) is 112 cm³/mol. The first kappa shape index (κ1) is 22.5. The molecule has 5 nitrogen and oxygen atoms in total. The molecule has 1 aromatic carbocycles. The smallest absolute Gasteiger partial charge is 0.328 e. The highest BCUT2D eigenvalue weighted by atomic mass is 32.2. The molecule has 0 aliphatic carbocycles. The number of nitrogens with one attached hydrogen (secondary N) is 1. The summed E-state index contributed by atoms with van der Waals surface area (Å²) in [5, 5.41) is 2.90. The van der Waals surface area contributed by atoms with Crippen LogP contribution in [0.25, 0.3) is 0 Å². The first-order valence-electron chi connectivity index (χ1n) is 10.1. The van der Waals surface area contributed by atoms with Gasteiger partial charge in [0.05, 0.1) is 7.11 Å². The van der Waals surface area contributed by atoms with Gasteiger partial charge in [-0.15, -0.1) is 0 Å². The summed E-state index contributed by atoms with van der Waals surface area (Å²) >= 11 is 1.17. The molecule has 154 valence electrons. The van der Waals surface area contributed by atoms with Gasteiger partial charge in [-0.2, -0.15) is 0 Å². The number of thioether (sulfide) groups is 1. The summed E-state index contributed by atoms with van der Waals surface area (Å²) in [6.07, 6.45) is 7.60. The van der Waals surface area contributed by atoms with Gasteiger partial charge in [0.25, 0.3) is 0 Å². The van der Waals surface area contributed by atoms with Crippen LogP contribution in [0.4, 0.5) is 0 Å². The zero-order valence-electron chi connectivity index (χ0n) is 16.9. The highest BCUT2D eigenvalue weighted by Gasteiger charge is 2.27. The fourth-order valence-corrected chi connectivity index (χ4v) is 4.34. The second kappa shape index (κ2) is 11.9. The largest absolute Gasteiger partial charge is 0.467 e. The van der Waals surface area contributed by atoms with E-state index in [0.717, 1.165) is 50.5 Å². The quantitative estimate of drug-likeness (QED) is 0.777. The molecule has 28 heavy (non-hydrogen) atoms. The number of benzene rings is 1. The van der Waals surface area contributed by atoms with Crippen LogP contribution < -0.4 is 5.32 Å². The third kappa shape index (κ3) is 7.30. The van der Waals surface area contributed by atoms with Crippen molar-refractivity contribution in [3.8, 4) is 0 Å². The van der Waals surface area contributed by atoms with Crippen molar-refractivity contribution < 1.29 is 19.1 Å². The van der Waals surface area contributed by atoms with E-state index in [1.807, 2.05) is 18.2 Å². The summed E-state index contributed by atoms with van der Waals surface area (Å²) < 4.78 is 4.94. The molecule has 0 saturated carbocycles. The fourth-order valence-electron chi connectivity index (χ4n) is 3.59. The van der Waals surface area contributed by atoms with Crippen molar-refractivity contribution in [2.45, 2.75) is 64.3 Å². The summed E-state index contributed by atoms with van der Waals surface area (Å²) in [5.74, 6) is -0.433. The third-order valence-corrected chi connectivity index (χ3v) is 6.18. The molecule has 0 unspecified atom stereocenters. The number of ether oxygens (including phenoxy) is 1. The van der Waals surface area contributed by atoms with E-state index < -0.39 is 12.0 Å². The lowest BCUT2D eigenvalue weighted by Crippen LogP contribution is -2.46. The van der Waals surface area contributed by atoms with Gasteiger partial charge in [0, 0.05) is 25.0 Å². The summed E-state index contributed by atoms with van der Waals surface area (Å²) in [5.41, 5.74) is 2.30. The lowest BCUT2D eigenvalue weighted by Gasteiger charge is -2.22. The monoisotopic (exact) mass is 405 g/mol. The number of hydrogen-bond donors (Lipinski definition) is 1. The minimum atomic E-state index is -0.716. The van der Waals surface area contributed by atoms with E-state index >= 15 is 0 Å². The van der Waals surface area contributed by atoms with E-state index in [-0.39, 0.29) is 16.9 Å². The van der Waals surface area contributed by atoms with E-state index in [0.29, 0.717) is 12.2 Å². The highest BCUT2D eigenvalue weighted by molar-refractivity contribution is 8.13. The first-order valence-corrected chi connectivity index (χ1v) is 11.1. The molecule has 1 aliphatic heterocycles. The van der Waals surface area contributed by atoms with E-state index in [1.165, 1.54) is 31.4 Å². The maximum Gasteiger partial charge on any atom is 0.328 e. The van der Waals surface area contributed by atoms with Crippen molar-refractivity contribution in [1.29, 1.82) is 0 Å². The van der Waals surface area contributed by atoms with Gasteiger partial charge in [-0.25, -0.2) is 4.79 Å². The molecular weight excluding hydrogens is 374 g/mol. The molecule has 0 fully saturated rings. The summed E-state index contributed by atoms with van der Waals surface area (Å²) in [6.45, 7) is 1.51. The topological polar surface area (TPSA) is 72.5 Å². The molecule has 1 amide bonds. The Labute approximate surface area is 172 Å². The van der Waals surface area contributed by atoms with Crippen LogP contribution in [0, 0.1) is 5.92 Å². The number of aryl methyl sites for hydroxylation is 1. The number of carbonyl (C=O) groups is 3. The normalized spacial score (nSPS) is 21.7. The minimum absolute atomic E-state index is 0.00523. The molecule has 2 rings (SSSR count). The minimum Gasteiger partial charge on any atom is -0.467 e. The number of methoxy groups -OCH3 is 1. The number of hydrogen-bond acceptors (Lipinski definition) is 5. The van der Waals surface area contributed by atoms with Gasteiger partial charge < -0.3 is 10.1 Å². The predicted octanol–water partition coefficient (Wildman–Crippen LogP) is 3.68. The molecule has 1 N–H and O–H groups in total. The van der Waals surface area contributed by atoms with Gasteiger partial charge in [0.1, 0.15) is 6.04 Å². The van der Waals surface area contributed by atoms with Crippen LogP contribution in [0.1, 0.15) is 56.6 Å². The highest BCUT2D eigenvalue weighted by Crippen LogP contribution is 2.21. The third-order valence-electron chi connectivity index (χ3n) is 5.20. The second-order valence-corrected chi connectivity index (χ2v) is 8.56. The Hall–Kier alpha value is -1.82. The fraction of sp³-hybridized carbons (Fsp3) is 0.591. The van der Waals surface area contributed by atoms with Gasteiger partial charge in [-0.05, 0) is 30.4 Å². The molecule has 0 spiro atoms. The molecule has 1 aromatic rings. The average Bonchev–Trinajstić information content (AvgIpc) is 2.68. The van der Waals surface area contributed by atoms with Gasteiger partial charge in [0.2, 0.25) is 5.91 Å². The lowest BCUT2D eigenvalue weighted by molar-refractivity contribution is -0.145. The Kier molecular flexibility index (Phi) is 9.55. The van der Waals surface area contributed by atoms with Crippen LogP contribution in [0.3, 0.4) is 0 Å². The Morgan fingerprint density at radius 3 is 2.50 bits per heavy atom. The zero-order chi connectivity index (χ0) is 20.4. The Morgan fingerprint density at radius 2 is 1.79 bits per heavy atom. The average molecular weight is 406 g/mol. The SMILES string of the molecule is COC(=O)[C@@H]1Cc2ccccc2CCCCCCC[C@H](CSC(C)=O)C(=O)N1. The van der Waals surface area contributed by atoms with Gasteiger partial charge >= 0.3 is 5.97 Å². The molecule has 0 bridgehead atoms. The lowest BCUT2D eigenvalue weighted by atomic mass is 9.94. The standard InChI is InChI=1S/C22H31NO4S/c1-16(24)28-15-19-13-7-5-3-4-6-10-17-11-8-9-12-18(17)14-20(22(26)27-2)23-21(19)25/h8-9,11-12,19-20H,3-7,10,13-15H2,1-2H3,(H,23,25)/t19-,20+/m1/s1. The summed E-state index contributed by atoms with van der Waals surface area (Å²) in [7, 11) is 1.34. The number of amides is 1. The van der Waals surface area contributed by atoms with Crippen molar-refractivity contribution in [2.24, 2.45) is 5.92 Å². The van der Waals surface area contributed by atoms with Crippen LogP contribution in [-0.4, -0.2) is 35.9 Å². The number of rotatable bonds is 3. The molecule has 0 saturated heterocycles. The van der Waals surface area contributed by atoms with Crippen LogP contribution >= 0.6 is 11.8 Å². The number of carbonyl (C=O) groups excluding carboxylic acids is 3. The molecular formula is C22H31NO4S. The molecule has 2 atom stereocenters. The molecule has 1 aliphatic rings. The summed E-state index contributed by atoms with van der Waals surface area (Å²) in [4.78, 5) is 36.6. The molecule has 0 radical (unpaired) electrons. The maximum atomic E-state index is 12.9. The maximum absolute atomic E-state index is 12.9. The Bertz CT molecular complexity index is 676. The second-order valence-electron chi connectivity index (χ2n) is 7.36. The van der Waals surface area contributed by atoms with E-state index in [2.05, 4.69) is 11.4 Å². The molecule has 1 heterocycles. The van der Waals surface area contributed by atoms with Crippen molar-refractivity contribution in [1.82, 2.24) is 5.32 Å². The summed E-state index contributed by atoms with van der Waals surface area (Å²) in [6, 6.07) is 7.38. The van der Waals surface area contributed by atoms with Gasteiger partial charge in [0.15, 0.2) is 5.12 Å². The Morgan fingerprint density at radius 1 is 1.11 bits per heavy atom. The van der Waals surface area contributed by atoms with Crippen LogP contribution in [0.5, 0.6) is 0 Å². The van der Waals surface area contributed by atoms with Gasteiger partial charge in [-0.1, -0.05) is 61.7 Å².